The molecule has 0 amide bonds. The Kier molecular flexibility index (Phi) is 1.24. The Morgan fingerprint density at radius 3 is 3.30 bits per heavy atom. The molecule has 2 aliphatic rings. The Bertz CT molecular complexity index is 256. The number of fused-ring (bicyclic) bond motifs is 1. The van der Waals surface area contributed by atoms with Gasteiger partial charge in [-0.2, -0.15) is 0 Å². The quantitative estimate of drug-likeness (QED) is 0.475. The Balaban J connectivity index is 2.39. The average Bonchev–Trinajstić information content (AvgIpc) is 2.05. The lowest BCUT2D eigenvalue weighted by molar-refractivity contribution is 1.08. The standard InChI is InChI=1S/C8H8N2/c1-2-7-6-9-5-3-8(7)10-4-1/h2-5H,1,6H2. The molecule has 50 valence electrons. The van der Waals surface area contributed by atoms with E-state index in [2.05, 4.69) is 16.1 Å². The lowest BCUT2D eigenvalue weighted by Gasteiger charge is -2.10. The fourth-order valence-corrected chi connectivity index (χ4v) is 1.10. The van der Waals surface area contributed by atoms with Crippen molar-refractivity contribution in [2.75, 3.05) is 6.54 Å². The van der Waals surface area contributed by atoms with Crippen LogP contribution < -0.4 is 0 Å². The van der Waals surface area contributed by atoms with Crippen molar-refractivity contribution in [3.63, 3.8) is 0 Å². The van der Waals surface area contributed by atoms with Crippen molar-refractivity contribution in [1.82, 2.24) is 0 Å². The van der Waals surface area contributed by atoms with Crippen molar-refractivity contribution in [3.05, 3.63) is 23.4 Å². The molecule has 2 heterocycles. The summed E-state index contributed by atoms with van der Waals surface area (Å²) in [5.74, 6) is 0. The van der Waals surface area contributed by atoms with Gasteiger partial charge in [-0.3, -0.25) is 9.98 Å². The molecule has 0 aromatic carbocycles. The molecule has 0 unspecified atom stereocenters. The van der Waals surface area contributed by atoms with Crippen LogP contribution in [0.15, 0.2) is 33.4 Å². The first-order valence-electron chi connectivity index (χ1n) is 3.39. The number of hydrogen-bond acceptors (Lipinski definition) is 2. The van der Waals surface area contributed by atoms with Gasteiger partial charge in [0.2, 0.25) is 0 Å². The summed E-state index contributed by atoms with van der Waals surface area (Å²) in [6, 6.07) is 0. The van der Waals surface area contributed by atoms with Gasteiger partial charge < -0.3 is 0 Å². The summed E-state index contributed by atoms with van der Waals surface area (Å²) >= 11 is 0. The van der Waals surface area contributed by atoms with Gasteiger partial charge in [-0.05, 0) is 11.6 Å². The van der Waals surface area contributed by atoms with E-state index in [0.29, 0.717) is 0 Å². The Hall–Kier alpha value is -1.18. The van der Waals surface area contributed by atoms with Crippen LogP contribution in [-0.2, 0) is 0 Å². The zero-order valence-electron chi connectivity index (χ0n) is 5.62. The SMILES string of the molecule is C1=NCC2=CCC=NC2=C1. The van der Waals surface area contributed by atoms with Gasteiger partial charge in [0.15, 0.2) is 0 Å². The topological polar surface area (TPSA) is 24.7 Å². The van der Waals surface area contributed by atoms with Crippen LogP contribution in [-0.4, -0.2) is 19.0 Å². The van der Waals surface area contributed by atoms with Crippen molar-refractivity contribution in [2.24, 2.45) is 9.98 Å². The second-order valence-corrected chi connectivity index (χ2v) is 2.32. The normalized spacial score (nSPS) is 21.6. The first-order chi connectivity index (χ1) is 4.97. The molecule has 2 rings (SSSR count). The number of rotatable bonds is 0. The van der Waals surface area contributed by atoms with E-state index in [-0.39, 0.29) is 0 Å². The van der Waals surface area contributed by atoms with Crippen molar-refractivity contribution < 1.29 is 0 Å². The highest BCUT2D eigenvalue weighted by Gasteiger charge is 2.07. The van der Waals surface area contributed by atoms with Gasteiger partial charge in [0.1, 0.15) is 0 Å². The molecule has 0 radical (unpaired) electrons. The fourth-order valence-electron chi connectivity index (χ4n) is 1.10. The van der Waals surface area contributed by atoms with E-state index < -0.39 is 0 Å². The third-order valence-corrected chi connectivity index (χ3v) is 1.63. The van der Waals surface area contributed by atoms with Crippen molar-refractivity contribution >= 4 is 12.4 Å². The van der Waals surface area contributed by atoms with E-state index in [4.69, 9.17) is 0 Å². The minimum Gasteiger partial charge on any atom is -0.288 e. The molecule has 2 aliphatic heterocycles. The molecule has 0 N–H and O–H groups in total. The number of aliphatic imine (C=N–C) groups is 2. The van der Waals surface area contributed by atoms with Crippen LogP contribution in [0.2, 0.25) is 0 Å². The van der Waals surface area contributed by atoms with E-state index in [1.54, 1.807) is 0 Å². The maximum absolute atomic E-state index is 4.23. The summed E-state index contributed by atoms with van der Waals surface area (Å²) in [7, 11) is 0. The first-order valence-corrected chi connectivity index (χ1v) is 3.39. The minimum atomic E-state index is 0.809. The predicted octanol–water partition coefficient (Wildman–Crippen LogP) is 1.36. The lowest BCUT2D eigenvalue weighted by atomic mass is 10.1. The lowest BCUT2D eigenvalue weighted by Crippen LogP contribution is -2.01. The first kappa shape index (κ1) is 5.59. The zero-order chi connectivity index (χ0) is 6.81. The van der Waals surface area contributed by atoms with E-state index in [0.717, 1.165) is 18.7 Å². The molecule has 2 heteroatoms. The monoisotopic (exact) mass is 132 g/mol. The summed E-state index contributed by atoms with van der Waals surface area (Å²) < 4.78 is 0. The van der Waals surface area contributed by atoms with E-state index in [9.17, 15) is 0 Å². The average molecular weight is 132 g/mol. The third-order valence-electron chi connectivity index (χ3n) is 1.63. The molecule has 0 bridgehead atoms. The summed E-state index contributed by atoms with van der Waals surface area (Å²) in [5.41, 5.74) is 2.35. The molecular formula is C8H8N2. The fraction of sp³-hybridized carbons (Fsp3) is 0.250. The zero-order valence-corrected chi connectivity index (χ0v) is 5.62. The molecule has 10 heavy (non-hydrogen) atoms. The number of dihydropyridines is 2. The van der Waals surface area contributed by atoms with Gasteiger partial charge in [0.25, 0.3) is 0 Å². The van der Waals surface area contributed by atoms with Crippen LogP contribution >= 0.6 is 0 Å². The molecule has 0 saturated heterocycles. The molecular weight excluding hydrogens is 124 g/mol. The van der Waals surface area contributed by atoms with Crippen molar-refractivity contribution in [1.29, 1.82) is 0 Å². The Labute approximate surface area is 59.7 Å². The van der Waals surface area contributed by atoms with Gasteiger partial charge >= 0.3 is 0 Å². The van der Waals surface area contributed by atoms with Crippen LogP contribution in [0.25, 0.3) is 0 Å². The van der Waals surface area contributed by atoms with E-state index in [1.165, 1.54) is 5.57 Å². The molecule has 0 fully saturated rings. The Morgan fingerprint density at radius 1 is 1.40 bits per heavy atom. The summed E-state index contributed by atoms with van der Waals surface area (Å²) in [6.45, 7) is 0.809. The van der Waals surface area contributed by atoms with Crippen molar-refractivity contribution in [2.45, 2.75) is 6.42 Å². The van der Waals surface area contributed by atoms with Crippen LogP contribution in [0.1, 0.15) is 6.42 Å². The second kappa shape index (κ2) is 2.21. The molecule has 0 aliphatic carbocycles. The van der Waals surface area contributed by atoms with Gasteiger partial charge in [-0.1, -0.05) is 6.08 Å². The summed E-state index contributed by atoms with van der Waals surface area (Å²) in [4.78, 5) is 8.35. The molecule has 0 saturated carbocycles. The highest BCUT2D eigenvalue weighted by molar-refractivity contribution is 5.78. The van der Waals surface area contributed by atoms with Gasteiger partial charge in [0, 0.05) is 18.9 Å². The van der Waals surface area contributed by atoms with Crippen LogP contribution in [0.3, 0.4) is 0 Å². The smallest absolute Gasteiger partial charge is 0.0688 e. The van der Waals surface area contributed by atoms with Crippen LogP contribution in [0.4, 0.5) is 0 Å². The van der Waals surface area contributed by atoms with Crippen LogP contribution in [0.5, 0.6) is 0 Å². The van der Waals surface area contributed by atoms with Crippen LogP contribution in [0, 0.1) is 0 Å². The number of nitrogens with zero attached hydrogens (tertiary/aromatic N) is 2. The van der Waals surface area contributed by atoms with Gasteiger partial charge in [0.05, 0.1) is 12.2 Å². The number of allylic oxidation sites excluding steroid dienone is 2. The third kappa shape index (κ3) is 0.817. The Morgan fingerprint density at radius 2 is 2.40 bits per heavy atom. The van der Waals surface area contributed by atoms with Gasteiger partial charge in [-0.15, -0.1) is 0 Å². The number of hydrogen-bond donors (Lipinski definition) is 0. The highest BCUT2D eigenvalue weighted by Crippen LogP contribution is 2.17. The molecule has 0 spiro atoms. The largest absolute Gasteiger partial charge is 0.288 e. The molecule has 0 atom stereocenters. The maximum atomic E-state index is 4.23. The van der Waals surface area contributed by atoms with Crippen molar-refractivity contribution in [3.8, 4) is 0 Å². The maximum Gasteiger partial charge on any atom is 0.0688 e. The molecule has 2 nitrogen and oxygen atoms in total. The predicted molar refractivity (Wildman–Crippen MR) is 42.6 cm³/mol. The molecule has 0 aromatic rings. The molecule has 0 aromatic heterocycles. The minimum absolute atomic E-state index is 0.809. The van der Waals surface area contributed by atoms with Gasteiger partial charge in [-0.25, -0.2) is 0 Å². The highest BCUT2D eigenvalue weighted by atomic mass is 14.8. The van der Waals surface area contributed by atoms with E-state index in [1.807, 2.05) is 18.5 Å². The second-order valence-electron chi connectivity index (χ2n) is 2.32. The summed E-state index contributed by atoms with van der Waals surface area (Å²) in [6.07, 6.45) is 8.83. The van der Waals surface area contributed by atoms with E-state index >= 15 is 0 Å². The summed E-state index contributed by atoms with van der Waals surface area (Å²) in [5, 5.41) is 0.